The molecule has 0 bridgehead atoms. The minimum atomic E-state index is -0.945. The number of hydrazine groups is 1. The maximum atomic E-state index is 14.8. The van der Waals surface area contributed by atoms with Crippen molar-refractivity contribution in [2.45, 2.75) is 76.4 Å². The number of amides is 4. The normalized spacial score (nSPS) is 18.0. The zero-order valence-corrected chi connectivity index (χ0v) is 42.1. The summed E-state index contributed by atoms with van der Waals surface area (Å²) in [6.45, 7) is 8.90. The number of unbranched alkanes of at least 4 members (excludes halogenated alkanes) is 3. The van der Waals surface area contributed by atoms with Gasteiger partial charge in [-0.3, -0.25) is 29.4 Å². The number of piperazine rings is 1. The summed E-state index contributed by atoms with van der Waals surface area (Å²) in [6.07, 6.45) is 12.0. The number of pyridine rings is 2. The van der Waals surface area contributed by atoms with Crippen LogP contribution in [0.2, 0.25) is 0 Å². The first-order valence-electron chi connectivity index (χ1n) is 25.6. The highest BCUT2D eigenvalue weighted by Gasteiger charge is 2.40. The average Bonchev–Trinajstić information content (AvgIpc) is 3.98. The maximum Gasteiger partial charge on any atom is 0.255 e. The van der Waals surface area contributed by atoms with Crippen LogP contribution in [0, 0.1) is 23.0 Å². The first-order valence-corrected chi connectivity index (χ1v) is 25.6. The summed E-state index contributed by atoms with van der Waals surface area (Å²) < 4.78 is 42.5. The minimum absolute atomic E-state index is 0.0252. The van der Waals surface area contributed by atoms with E-state index in [4.69, 9.17) is 26.0 Å². The van der Waals surface area contributed by atoms with Crippen molar-refractivity contribution in [1.82, 2.24) is 40.0 Å². The number of carbonyl (C=O) groups is 4. The summed E-state index contributed by atoms with van der Waals surface area (Å²) in [5.74, 6) is 4.43. The molecule has 5 aromatic rings. The molecule has 3 saturated heterocycles. The number of imide groups is 1. The number of anilines is 2. The number of nitrogens with zero attached hydrogens (tertiary/aromatic N) is 9. The van der Waals surface area contributed by atoms with Crippen molar-refractivity contribution < 1.29 is 37.4 Å². The number of piperidine rings is 2. The number of nitriles is 1. The molecule has 75 heavy (non-hydrogen) atoms. The second-order valence-electron chi connectivity index (χ2n) is 19.7. The van der Waals surface area contributed by atoms with Crippen molar-refractivity contribution in [3.63, 3.8) is 0 Å². The van der Waals surface area contributed by atoms with E-state index in [1.54, 1.807) is 33.0 Å². The lowest BCUT2D eigenvalue weighted by molar-refractivity contribution is -0.136. The molecule has 3 aromatic heterocycles. The van der Waals surface area contributed by atoms with E-state index in [1.807, 2.05) is 37.3 Å². The lowest BCUT2D eigenvalue weighted by Gasteiger charge is -2.42. The van der Waals surface area contributed by atoms with Gasteiger partial charge in [0.05, 0.1) is 60.1 Å². The molecule has 2 aromatic carbocycles. The lowest BCUT2D eigenvalue weighted by Crippen LogP contribution is -2.58. The Morgan fingerprint density at radius 1 is 0.973 bits per heavy atom. The number of halogens is 2. The quantitative estimate of drug-likeness (QED) is 0.0353. The zero-order valence-electron chi connectivity index (χ0n) is 42.1. The number of carbonyl (C=O) groups excluding carboxylic acids is 4. The number of hydrogen-bond acceptors (Lipinski definition) is 15. The monoisotopic (exact) mass is 1030 g/mol. The largest absolute Gasteiger partial charge is 0.492 e. The Balaban J connectivity index is 0.715. The third-order valence-electron chi connectivity index (χ3n) is 14.5. The highest BCUT2D eigenvalue weighted by Crippen LogP contribution is 2.34. The molecule has 21 heteroatoms. The second kappa shape index (κ2) is 23.3. The van der Waals surface area contributed by atoms with Gasteiger partial charge in [-0.05, 0) is 106 Å². The van der Waals surface area contributed by atoms with Crippen LogP contribution in [0.1, 0.15) is 90.1 Å². The molecule has 3 fully saturated rings. The molecular weight excluding hydrogens is 965 g/mol. The number of fused-ring (bicyclic) bond motifs is 2. The molecule has 1 atom stereocenters. The van der Waals surface area contributed by atoms with Crippen LogP contribution in [0.25, 0.3) is 16.6 Å². The Labute approximate surface area is 434 Å². The van der Waals surface area contributed by atoms with Gasteiger partial charge < -0.3 is 40.2 Å². The van der Waals surface area contributed by atoms with E-state index < -0.39 is 40.6 Å². The number of rotatable bonds is 20. The molecule has 4 amide bonds. The second-order valence-corrected chi connectivity index (χ2v) is 19.7. The van der Waals surface area contributed by atoms with Gasteiger partial charge in [0.2, 0.25) is 11.8 Å². The predicted molar refractivity (Wildman–Crippen MR) is 276 cm³/mol. The summed E-state index contributed by atoms with van der Waals surface area (Å²) in [5, 5.41) is 21.0. The first-order chi connectivity index (χ1) is 36.3. The highest BCUT2D eigenvalue weighted by atomic mass is 19.1. The van der Waals surface area contributed by atoms with E-state index in [9.17, 15) is 33.2 Å². The SMILES string of the molecule is CCOc1cc(-c2ccc(N3CCC(COC/C(N)=C/N(N)CCCCCCN4CCN(c5ccc6c(c5)CN(C5CCC(=O)NC5=O)C6=O)CC4)(NC(=O)c4cc(F)ccc4F)CC3)nc2)c2c(C#N)cnn2c1. The van der Waals surface area contributed by atoms with Crippen molar-refractivity contribution >= 4 is 40.7 Å². The number of hydrogen-bond donors (Lipinski definition) is 4. The number of aromatic nitrogens is 3. The van der Waals surface area contributed by atoms with Crippen LogP contribution >= 0.6 is 0 Å². The Bertz CT molecular complexity index is 2980. The van der Waals surface area contributed by atoms with E-state index in [2.05, 4.69) is 42.6 Å². The Morgan fingerprint density at radius 3 is 2.52 bits per heavy atom. The van der Waals surface area contributed by atoms with Crippen LogP contribution < -0.4 is 36.7 Å². The number of benzene rings is 2. The van der Waals surface area contributed by atoms with Crippen LogP contribution in [0.4, 0.5) is 20.3 Å². The predicted octanol–water partition coefficient (Wildman–Crippen LogP) is 4.85. The summed E-state index contributed by atoms with van der Waals surface area (Å²) in [6, 6.07) is 16.0. The smallest absolute Gasteiger partial charge is 0.255 e. The van der Waals surface area contributed by atoms with Crippen LogP contribution in [0.5, 0.6) is 5.75 Å². The third-order valence-corrected chi connectivity index (χ3v) is 14.5. The number of nitrogens with one attached hydrogen (secondary N) is 2. The Kier molecular flexibility index (Phi) is 16.2. The van der Waals surface area contributed by atoms with Crippen molar-refractivity contribution in [3.05, 3.63) is 119 Å². The van der Waals surface area contributed by atoms with Crippen molar-refractivity contribution in [2.24, 2.45) is 11.6 Å². The van der Waals surface area contributed by atoms with Crippen molar-refractivity contribution in [2.75, 3.05) is 82.0 Å². The molecule has 19 nitrogen and oxygen atoms in total. The van der Waals surface area contributed by atoms with Gasteiger partial charge in [-0.1, -0.05) is 12.8 Å². The number of nitrogens with two attached hydrogens (primary N) is 2. The molecule has 4 aliphatic heterocycles. The van der Waals surface area contributed by atoms with Gasteiger partial charge in [-0.2, -0.15) is 10.4 Å². The van der Waals surface area contributed by atoms with E-state index in [-0.39, 0.29) is 31.4 Å². The van der Waals surface area contributed by atoms with Crippen LogP contribution in [0.15, 0.2) is 85.1 Å². The molecule has 394 valence electrons. The van der Waals surface area contributed by atoms with E-state index >= 15 is 0 Å². The Morgan fingerprint density at radius 2 is 1.77 bits per heavy atom. The van der Waals surface area contributed by atoms with Gasteiger partial charge in [0.15, 0.2) is 0 Å². The standard InChI is InChI=1S/C54H63F2N13O6/c1-2-75-42-27-44(50-38(28-57)30-61-69(50)33-42)36-7-13-48(60-29-36)66-19-15-54(16-20-66,63-51(71)45-26-39(55)8-11-46(45)56)35-74-34-40(58)32-67(59)18-6-4-3-5-17-64-21-23-65(24-22-64)41-9-10-43-37(25-41)31-68(53(43)73)47-12-14-49(70)62-52(47)72/h7-11,13,25-27,29-30,32-33,47H,2-6,12,14-24,31,34-35,58-59H2,1H3,(H,63,71)(H,62,70,72)/b40-32-. The fourth-order valence-electron chi connectivity index (χ4n) is 10.5. The molecule has 6 N–H and O–H groups in total. The van der Waals surface area contributed by atoms with Crippen LogP contribution in [-0.4, -0.2) is 137 Å². The maximum absolute atomic E-state index is 14.8. The van der Waals surface area contributed by atoms with Crippen molar-refractivity contribution in [1.29, 1.82) is 5.26 Å². The van der Waals surface area contributed by atoms with Crippen LogP contribution in [-0.2, 0) is 20.9 Å². The molecule has 9 rings (SSSR count). The van der Waals surface area contributed by atoms with Gasteiger partial charge in [0.25, 0.3) is 11.8 Å². The summed E-state index contributed by atoms with van der Waals surface area (Å²) >= 11 is 0. The molecule has 0 aliphatic carbocycles. The van der Waals surface area contributed by atoms with E-state index in [0.717, 1.165) is 99.0 Å². The summed E-state index contributed by atoms with van der Waals surface area (Å²) in [4.78, 5) is 64.0. The van der Waals surface area contributed by atoms with Crippen LogP contribution in [0.3, 0.4) is 0 Å². The number of ether oxygens (including phenoxy) is 2. The molecule has 0 radical (unpaired) electrons. The van der Waals surface area contributed by atoms with Gasteiger partial charge in [-0.25, -0.2) is 24.1 Å². The third kappa shape index (κ3) is 12.1. The fourth-order valence-corrected chi connectivity index (χ4v) is 10.5. The first kappa shape index (κ1) is 52.2. The molecule has 7 heterocycles. The van der Waals surface area contributed by atoms with E-state index in [1.165, 1.54) is 6.20 Å². The molecule has 0 saturated carbocycles. The molecular formula is C54H63F2N13O6. The van der Waals surface area contributed by atoms with Gasteiger partial charge in [0.1, 0.15) is 35.3 Å². The summed E-state index contributed by atoms with van der Waals surface area (Å²) in [7, 11) is 0. The fraction of sp³-hybridized carbons (Fsp3) is 0.426. The molecule has 1 unspecified atom stereocenters. The average molecular weight is 1030 g/mol. The van der Waals surface area contributed by atoms with Gasteiger partial charge in [-0.15, -0.1) is 0 Å². The van der Waals surface area contributed by atoms with E-state index in [0.29, 0.717) is 86.0 Å². The molecule has 4 aliphatic rings. The highest BCUT2D eigenvalue weighted by molar-refractivity contribution is 6.05. The topological polar surface area (TPSA) is 233 Å². The van der Waals surface area contributed by atoms with Crippen molar-refractivity contribution in [3.8, 4) is 22.9 Å². The lowest BCUT2D eigenvalue weighted by atomic mass is 9.87. The van der Waals surface area contributed by atoms with Gasteiger partial charge >= 0.3 is 0 Å². The zero-order chi connectivity index (χ0) is 52.6. The minimum Gasteiger partial charge on any atom is -0.492 e. The Hall–Kier alpha value is -7.67. The van der Waals surface area contributed by atoms with Gasteiger partial charge in [0, 0.05) is 93.6 Å². The molecule has 0 spiro atoms. The summed E-state index contributed by atoms with van der Waals surface area (Å²) in [5.41, 5.74) is 10.6.